The van der Waals surface area contributed by atoms with Gasteiger partial charge in [0.2, 0.25) is 0 Å². The summed E-state index contributed by atoms with van der Waals surface area (Å²) in [5.74, 6) is 1.03. The van der Waals surface area contributed by atoms with Crippen LogP contribution in [0.1, 0.15) is 33.5 Å². The lowest BCUT2D eigenvalue weighted by atomic mass is 9.95. The maximum absolute atomic E-state index is 9.63. The third-order valence-electron chi connectivity index (χ3n) is 2.77. The largest absolute Gasteiger partial charge is 0.392 e. The first kappa shape index (κ1) is 12.1. The van der Waals surface area contributed by atoms with Crippen molar-refractivity contribution >= 4 is 11.0 Å². The summed E-state index contributed by atoms with van der Waals surface area (Å²) >= 11 is 0. The molecule has 0 aliphatic rings. The predicted octanol–water partition coefficient (Wildman–Crippen LogP) is 2.71. The number of rotatable bonds is 2. The minimum absolute atomic E-state index is 0.0199. The van der Waals surface area contributed by atoms with E-state index in [9.17, 15) is 5.11 Å². The van der Waals surface area contributed by atoms with Crippen LogP contribution in [0.15, 0.2) is 24.3 Å². The molecule has 1 heterocycles. The van der Waals surface area contributed by atoms with Gasteiger partial charge in [-0.15, -0.1) is 0 Å². The summed E-state index contributed by atoms with van der Waals surface area (Å²) in [4.78, 5) is 4.69. The average molecular weight is 232 g/mol. The van der Waals surface area contributed by atoms with E-state index in [1.807, 2.05) is 18.2 Å². The number of nitrogens with zero attached hydrogens (tertiary/aromatic N) is 2. The van der Waals surface area contributed by atoms with Gasteiger partial charge in [-0.2, -0.15) is 0 Å². The molecule has 3 heteroatoms. The van der Waals surface area contributed by atoms with Gasteiger partial charge in [-0.3, -0.25) is 0 Å². The molecule has 0 aliphatic heterocycles. The molecule has 0 radical (unpaired) electrons. The van der Waals surface area contributed by atoms with Crippen molar-refractivity contribution in [1.82, 2.24) is 9.55 Å². The van der Waals surface area contributed by atoms with Gasteiger partial charge >= 0.3 is 0 Å². The van der Waals surface area contributed by atoms with Crippen LogP contribution in [0.2, 0.25) is 0 Å². The van der Waals surface area contributed by atoms with Gasteiger partial charge in [-0.05, 0) is 19.1 Å². The second-order valence-corrected chi connectivity index (χ2v) is 5.63. The van der Waals surface area contributed by atoms with Crippen molar-refractivity contribution < 1.29 is 5.11 Å². The van der Waals surface area contributed by atoms with Crippen LogP contribution in [0, 0.1) is 0 Å². The van der Waals surface area contributed by atoms with E-state index in [2.05, 4.69) is 36.4 Å². The van der Waals surface area contributed by atoms with Gasteiger partial charge in [0.1, 0.15) is 5.82 Å². The van der Waals surface area contributed by atoms with E-state index in [1.165, 1.54) is 0 Å². The lowest BCUT2D eigenvalue weighted by molar-refractivity contribution is 0.172. The molecule has 1 aromatic heterocycles. The molecule has 1 unspecified atom stereocenters. The SMILES string of the molecule is CC(O)Cn1c(C(C)(C)C)nc2ccccc21. The van der Waals surface area contributed by atoms with Crippen LogP contribution in [-0.2, 0) is 12.0 Å². The van der Waals surface area contributed by atoms with E-state index < -0.39 is 0 Å². The van der Waals surface area contributed by atoms with Crippen molar-refractivity contribution in [3.05, 3.63) is 30.1 Å². The fourth-order valence-electron chi connectivity index (χ4n) is 2.10. The van der Waals surface area contributed by atoms with Crippen LogP contribution >= 0.6 is 0 Å². The smallest absolute Gasteiger partial charge is 0.115 e. The Morgan fingerprint density at radius 2 is 1.94 bits per heavy atom. The summed E-state index contributed by atoms with van der Waals surface area (Å²) < 4.78 is 2.12. The average Bonchev–Trinajstić information content (AvgIpc) is 2.56. The van der Waals surface area contributed by atoms with E-state index in [4.69, 9.17) is 0 Å². The second-order valence-electron chi connectivity index (χ2n) is 5.63. The Bertz CT molecular complexity index is 520. The third kappa shape index (κ3) is 2.34. The minimum atomic E-state index is -0.367. The number of benzene rings is 1. The maximum atomic E-state index is 9.63. The van der Waals surface area contributed by atoms with Crippen molar-refractivity contribution in [3.63, 3.8) is 0 Å². The van der Waals surface area contributed by atoms with Crippen molar-refractivity contribution in [3.8, 4) is 0 Å². The molecule has 0 saturated heterocycles. The van der Waals surface area contributed by atoms with Gasteiger partial charge in [0.05, 0.1) is 23.7 Å². The number of para-hydroxylation sites is 2. The second kappa shape index (κ2) is 4.15. The standard InChI is InChI=1S/C14H20N2O/c1-10(17)9-16-12-8-6-5-7-11(12)15-13(16)14(2,3)4/h5-8,10,17H,9H2,1-4H3. The molecule has 2 aromatic rings. The zero-order chi connectivity index (χ0) is 12.6. The molecule has 0 amide bonds. The number of fused-ring (bicyclic) bond motifs is 1. The molecule has 0 aliphatic carbocycles. The Morgan fingerprint density at radius 3 is 2.53 bits per heavy atom. The Hall–Kier alpha value is -1.35. The van der Waals surface area contributed by atoms with Gasteiger partial charge in [0, 0.05) is 5.41 Å². The number of hydrogen-bond acceptors (Lipinski definition) is 2. The molecule has 0 fully saturated rings. The Balaban J connectivity index is 2.65. The highest BCUT2D eigenvalue weighted by atomic mass is 16.3. The molecule has 17 heavy (non-hydrogen) atoms. The predicted molar refractivity (Wildman–Crippen MR) is 70.1 cm³/mol. The highest BCUT2D eigenvalue weighted by Gasteiger charge is 2.23. The number of hydrogen-bond donors (Lipinski definition) is 1. The van der Waals surface area contributed by atoms with Crippen LogP contribution in [0.5, 0.6) is 0 Å². The molecule has 1 atom stereocenters. The molecular weight excluding hydrogens is 212 g/mol. The summed E-state index contributed by atoms with van der Waals surface area (Å²) in [5, 5.41) is 9.63. The number of aromatic nitrogens is 2. The maximum Gasteiger partial charge on any atom is 0.115 e. The zero-order valence-corrected chi connectivity index (χ0v) is 10.9. The lowest BCUT2D eigenvalue weighted by Gasteiger charge is -2.21. The Labute approximate surface area is 102 Å². The van der Waals surface area contributed by atoms with E-state index in [-0.39, 0.29) is 11.5 Å². The Morgan fingerprint density at radius 1 is 1.29 bits per heavy atom. The van der Waals surface area contributed by atoms with Crippen molar-refractivity contribution in [1.29, 1.82) is 0 Å². The van der Waals surface area contributed by atoms with E-state index in [1.54, 1.807) is 6.92 Å². The van der Waals surface area contributed by atoms with Crippen LogP contribution < -0.4 is 0 Å². The Kier molecular flexibility index (Phi) is 2.96. The summed E-state index contributed by atoms with van der Waals surface area (Å²) in [6.45, 7) is 8.83. The van der Waals surface area contributed by atoms with Crippen LogP contribution in [-0.4, -0.2) is 20.8 Å². The molecule has 3 nitrogen and oxygen atoms in total. The molecule has 0 spiro atoms. The fraction of sp³-hybridized carbons (Fsp3) is 0.500. The lowest BCUT2D eigenvalue weighted by Crippen LogP contribution is -2.22. The molecule has 0 saturated carbocycles. The first-order chi connectivity index (χ1) is 7.89. The first-order valence-corrected chi connectivity index (χ1v) is 6.03. The van der Waals surface area contributed by atoms with Gasteiger partial charge < -0.3 is 9.67 Å². The normalized spacial score (nSPS) is 14.2. The molecule has 1 aromatic carbocycles. The molecule has 1 N–H and O–H groups in total. The third-order valence-corrected chi connectivity index (χ3v) is 2.77. The van der Waals surface area contributed by atoms with Gasteiger partial charge in [0.25, 0.3) is 0 Å². The molecule has 92 valence electrons. The summed E-state index contributed by atoms with van der Waals surface area (Å²) in [6, 6.07) is 8.08. The quantitative estimate of drug-likeness (QED) is 0.864. The number of aliphatic hydroxyl groups is 1. The zero-order valence-electron chi connectivity index (χ0n) is 10.9. The molecular formula is C14H20N2O. The van der Waals surface area contributed by atoms with Crippen LogP contribution in [0.4, 0.5) is 0 Å². The monoisotopic (exact) mass is 232 g/mol. The number of aliphatic hydroxyl groups excluding tert-OH is 1. The van der Waals surface area contributed by atoms with Gasteiger partial charge in [0.15, 0.2) is 0 Å². The first-order valence-electron chi connectivity index (χ1n) is 6.03. The topological polar surface area (TPSA) is 38.0 Å². The summed E-state index contributed by atoms with van der Waals surface area (Å²) in [6.07, 6.45) is -0.367. The molecule has 0 bridgehead atoms. The highest BCUT2D eigenvalue weighted by molar-refractivity contribution is 5.76. The van der Waals surface area contributed by atoms with Crippen molar-refractivity contribution in [2.75, 3.05) is 0 Å². The molecule has 2 rings (SSSR count). The van der Waals surface area contributed by atoms with E-state index >= 15 is 0 Å². The van der Waals surface area contributed by atoms with Crippen molar-refractivity contribution in [2.24, 2.45) is 0 Å². The number of imidazole rings is 1. The van der Waals surface area contributed by atoms with Gasteiger partial charge in [-0.1, -0.05) is 32.9 Å². The van der Waals surface area contributed by atoms with E-state index in [0.29, 0.717) is 6.54 Å². The van der Waals surface area contributed by atoms with Gasteiger partial charge in [-0.25, -0.2) is 4.98 Å². The van der Waals surface area contributed by atoms with Crippen molar-refractivity contribution in [2.45, 2.75) is 45.8 Å². The summed E-state index contributed by atoms with van der Waals surface area (Å²) in [7, 11) is 0. The highest BCUT2D eigenvalue weighted by Crippen LogP contribution is 2.26. The van der Waals surface area contributed by atoms with E-state index in [0.717, 1.165) is 16.9 Å². The minimum Gasteiger partial charge on any atom is -0.392 e. The fourth-order valence-corrected chi connectivity index (χ4v) is 2.10. The van der Waals surface area contributed by atoms with Crippen LogP contribution in [0.25, 0.3) is 11.0 Å². The summed E-state index contributed by atoms with van der Waals surface area (Å²) in [5.41, 5.74) is 2.07. The van der Waals surface area contributed by atoms with Crippen LogP contribution in [0.3, 0.4) is 0 Å².